The summed E-state index contributed by atoms with van der Waals surface area (Å²) in [7, 11) is -1.82. The highest BCUT2D eigenvalue weighted by Crippen LogP contribution is 2.22. The van der Waals surface area contributed by atoms with Crippen LogP contribution in [0.1, 0.15) is 13.3 Å². The molecule has 0 bridgehead atoms. The number of rotatable bonds is 9. The van der Waals surface area contributed by atoms with Crippen molar-refractivity contribution < 1.29 is 17.6 Å². The molecule has 0 aromatic heterocycles. The second-order valence-electron chi connectivity index (χ2n) is 6.51. The number of amides is 1. The van der Waals surface area contributed by atoms with Gasteiger partial charge in [-0.2, -0.15) is 0 Å². The van der Waals surface area contributed by atoms with Gasteiger partial charge in [-0.05, 0) is 42.8 Å². The first kappa shape index (κ1) is 21.7. The zero-order chi connectivity index (χ0) is 20.7. The first-order valence-electron chi connectivity index (χ1n) is 9.03. The Bertz CT molecular complexity index is 873. The second kappa shape index (κ2) is 9.54. The van der Waals surface area contributed by atoms with Gasteiger partial charge in [-0.15, -0.1) is 0 Å². The highest BCUT2D eigenvalue weighted by molar-refractivity contribution is 7.92. The minimum atomic E-state index is -3.73. The number of hydrogen-bond acceptors (Lipinski definition) is 4. The van der Waals surface area contributed by atoms with Gasteiger partial charge in [0.15, 0.2) is 0 Å². The number of nitrogens with zero attached hydrogens (tertiary/aromatic N) is 2. The molecule has 0 radical (unpaired) electrons. The number of carbonyl (C=O) groups excluding carboxylic acids is 1. The van der Waals surface area contributed by atoms with Gasteiger partial charge in [0.25, 0.3) is 0 Å². The van der Waals surface area contributed by atoms with Crippen LogP contribution in [0.2, 0.25) is 0 Å². The maximum atomic E-state index is 13.2. The maximum absolute atomic E-state index is 13.2. The van der Waals surface area contributed by atoms with Crippen LogP contribution < -0.4 is 14.5 Å². The Balaban J connectivity index is 2.08. The molecular weight excluding hydrogens is 381 g/mol. The Hall–Kier alpha value is -2.61. The molecule has 28 heavy (non-hydrogen) atoms. The first-order valence-corrected chi connectivity index (χ1v) is 10.9. The van der Waals surface area contributed by atoms with E-state index in [0.717, 1.165) is 16.2 Å². The van der Waals surface area contributed by atoms with Gasteiger partial charge in [0.2, 0.25) is 15.9 Å². The molecule has 0 aliphatic carbocycles. The van der Waals surface area contributed by atoms with E-state index in [1.807, 2.05) is 42.3 Å². The van der Waals surface area contributed by atoms with E-state index < -0.39 is 27.8 Å². The lowest BCUT2D eigenvalue weighted by atomic mass is 10.2. The van der Waals surface area contributed by atoms with E-state index in [-0.39, 0.29) is 12.1 Å². The van der Waals surface area contributed by atoms with Crippen molar-refractivity contribution in [1.29, 1.82) is 0 Å². The third-order valence-corrected chi connectivity index (χ3v) is 5.53. The van der Waals surface area contributed by atoms with Crippen molar-refractivity contribution in [2.45, 2.75) is 19.4 Å². The molecule has 2 aromatic carbocycles. The maximum Gasteiger partial charge on any atom is 0.243 e. The lowest BCUT2D eigenvalue weighted by Gasteiger charge is -2.30. The summed E-state index contributed by atoms with van der Waals surface area (Å²) in [5, 5.41) is 2.81. The average Bonchev–Trinajstić information content (AvgIpc) is 2.66. The Kier molecular flexibility index (Phi) is 7.39. The lowest BCUT2D eigenvalue weighted by Crippen LogP contribution is -2.50. The second-order valence-corrected chi connectivity index (χ2v) is 8.37. The largest absolute Gasteiger partial charge is 0.373 e. The summed E-state index contributed by atoms with van der Waals surface area (Å²) >= 11 is 0. The van der Waals surface area contributed by atoms with Gasteiger partial charge >= 0.3 is 0 Å². The fraction of sp³-hybridized carbons (Fsp3) is 0.350. The average molecular weight is 408 g/mol. The van der Waals surface area contributed by atoms with Crippen molar-refractivity contribution in [2.24, 2.45) is 0 Å². The number of para-hydroxylation sites is 1. The molecule has 1 amide bonds. The highest BCUT2D eigenvalue weighted by Gasteiger charge is 2.31. The van der Waals surface area contributed by atoms with E-state index >= 15 is 0 Å². The van der Waals surface area contributed by atoms with E-state index in [0.29, 0.717) is 13.1 Å². The quantitative estimate of drug-likeness (QED) is 0.694. The third kappa shape index (κ3) is 5.69. The standard InChI is InChI=1S/C20H26FN3O3S/c1-4-19(24(28(3,26)27)18-12-10-16(21)11-13-18)20(25)22-14-15-23(2)17-8-6-5-7-9-17/h5-13,19H,4,14-15H2,1-3H3,(H,22,25). The van der Waals surface area contributed by atoms with Gasteiger partial charge in [-0.25, -0.2) is 12.8 Å². The van der Waals surface area contributed by atoms with Crippen molar-refractivity contribution in [3.8, 4) is 0 Å². The molecule has 0 saturated carbocycles. The number of hydrogen-bond donors (Lipinski definition) is 1. The molecule has 1 N–H and O–H groups in total. The van der Waals surface area contributed by atoms with Crippen LogP contribution in [0.5, 0.6) is 0 Å². The van der Waals surface area contributed by atoms with Crippen molar-refractivity contribution >= 4 is 27.3 Å². The number of halogens is 1. The summed E-state index contributed by atoms with van der Waals surface area (Å²) in [6.07, 6.45) is 1.32. The predicted molar refractivity (Wildman–Crippen MR) is 111 cm³/mol. The fourth-order valence-corrected chi connectivity index (χ4v) is 4.14. The molecule has 2 rings (SSSR count). The number of sulfonamides is 1. The van der Waals surface area contributed by atoms with Crippen LogP contribution in [0.15, 0.2) is 54.6 Å². The number of anilines is 2. The summed E-state index contributed by atoms with van der Waals surface area (Å²) in [5.41, 5.74) is 1.28. The molecule has 1 atom stereocenters. The van der Waals surface area contributed by atoms with Crippen LogP contribution in [-0.4, -0.2) is 46.8 Å². The molecule has 0 saturated heterocycles. The minimum Gasteiger partial charge on any atom is -0.373 e. The number of nitrogens with one attached hydrogen (secondary N) is 1. The summed E-state index contributed by atoms with van der Waals surface area (Å²) in [6.45, 7) is 2.67. The van der Waals surface area contributed by atoms with Crippen LogP contribution in [0.3, 0.4) is 0 Å². The summed E-state index contributed by atoms with van der Waals surface area (Å²) < 4.78 is 38.9. The summed E-state index contributed by atoms with van der Waals surface area (Å²) in [5.74, 6) is -0.864. The fourth-order valence-electron chi connectivity index (χ4n) is 2.92. The molecule has 0 fully saturated rings. The van der Waals surface area contributed by atoms with Crippen LogP contribution >= 0.6 is 0 Å². The summed E-state index contributed by atoms with van der Waals surface area (Å²) in [4.78, 5) is 14.7. The van der Waals surface area contributed by atoms with Gasteiger partial charge in [-0.3, -0.25) is 9.10 Å². The van der Waals surface area contributed by atoms with E-state index in [4.69, 9.17) is 0 Å². The van der Waals surface area contributed by atoms with E-state index in [1.54, 1.807) is 6.92 Å². The Labute approximate surface area is 166 Å². The van der Waals surface area contributed by atoms with Crippen LogP contribution in [-0.2, 0) is 14.8 Å². The third-order valence-electron chi connectivity index (χ3n) is 4.35. The lowest BCUT2D eigenvalue weighted by molar-refractivity contribution is -0.122. The van der Waals surface area contributed by atoms with Crippen molar-refractivity contribution in [3.63, 3.8) is 0 Å². The van der Waals surface area contributed by atoms with Gasteiger partial charge in [0.1, 0.15) is 11.9 Å². The monoisotopic (exact) mass is 407 g/mol. The first-order chi connectivity index (χ1) is 13.2. The Morgan fingerprint density at radius 2 is 1.68 bits per heavy atom. The molecule has 0 spiro atoms. The smallest absolute Gasteiger partial charge is 0.243 e. The van der Waals surface area contributed by atoms with Crippen molar-refractivity contribution in [3.05, 3.63) is 60.4 Å². The number of likely N-dealkylation sites (N-methyl/N-ethyl adjacent to an activating group) is 1. The van der Waals surface area contributed by atoms with E-state index in [9.17, 15) is 17.6 Å². The van der Waals surface area contributed by atoms with E-state index in [2.05, 4.69) is 5.32 Å². The zero-order valence-electron chi connectivity index (χ0n) is 16.3. The van der Waals surface area contributed by atoms with E-state index in [1.165, 1.54) is 24.3 Å². The normalized spacial score (nSPS) is 12.3. The zero-order valence-corrected chi connectivity index (χ0v) is 17.1. The molecule has 0 heterocycles. The van der Waals surface area contributed by atoms with Gasteiger partial charge in [0.05, 0.1) is 11.9 Å². The SMILES string of the molecule is CCC(C(=O)NCCN(C)c1ccccc1)N(c1ccc(F)cc1)S(C)(=O)=O. The topological polar surface area (TPSA) is 69.7 Å². The van der Waals surface area contributed by atoms with Crippen LogP contribution in [0.4, 0.5) is 15.8 Å². The highest BCUT2D eigenvalue weighted by atomic mass is 32.2. The van der Waals surface area contributed by atoms with Crippen molar-refractivity contribution in [2.75, 3.05) is 35.6 Å². The minimum absolute atomic E-state index is 0.257. The number of carbonyl (C=O) groups is 1. The Morgan fingerprint density at radius 3 is 2.21 bits per heavy atom. The molecule has 0 aliphatic rings. The number of benzene rings is 2. The molecule has 8 heteroatoms. The van der Waals surface area contributed by atoms with Crippen LogP contribution in [0.25, 0.3) is 0 Å². The molecular formula is C20H26FN3O3S. The molecule has 2 aromatic rings. The van der Waals surface area contributed by atoms with Gasteiger partial charge < -0.3 is 10.2 Å². The van der Waals surface area contributed by atoms with Gasteiger partial charge in [0, 0.05) is 25.8 Å². The summed E-state index contributed by atoms with van der Waals surface area (Å²) in [6, 6.07) is 13.9. The Morgan fingerprint density at radius 1 is 1.07 bits per heavy atom. The molecule has 0 aliphatic heterocycles. The van der Waals surface area contributed by atoms with Crippen molar-refractivity contribution in [1.82, 2.24) is 5.32 Å². The molecule has 1 unspecified atom stereocenters. The van der Waals surface area contributed by atoms with Gasteiger partial charge in [-0.1, -0.05) is 25.1 Å². The van der Waals surface area contributed by atoms with Crippen LogP contribution in [0, 0.1) is 5.82 Å². The predicted octanol–water partition coefficient (Wildman–Crippen LogP) is 2.62. The molecule has 6 nitrogen and oxygen atoms in total. The molecule has 152 valence electrons.